The van der Waals surface area contributed by atoms with E-state index in [1.165, 1.54) is 0 Å². The Morgan fingerprint density at radius 2 is 1.22 bits per heavy atom. The number of hydrogen-bond donors (Lipinski definition) is 3. The Morgan fingerprint density at radius 3 is 1.28 bits per heavy atom. The summed E-state index contributed by atoms with van der Waals surface area (Å²) in [5.41, 5.74) is 0. The van der Waals surface area contributed by atoms with Gasteiger partial charge in [-0.1, -0.05) is 20.8 Å². The van der Waals surface area contributed by atoms with E-state index in [9.17, 15) is 0 Å². The standard InChI is InChI=1S/C5H5.3C3H8O.Hf/c1-2-4-5-3-1;3*1-2-3-4;/h1-3H,4H2;3*4H,2-3H2,1H3;/q-1;;;;. The van der Waals surface area contributed by atoms with Gasteiger partial charge in [0.15, 0.2) is 0 Å². The Hall–Kier alpha value is 0.230. The summed E-state index contributed by atoms with van der Waals surface area (Å²) in [5, 5.41) is 23.6. The summed E-state index contributed by atoms with van der Waals surface area (Å²) in [4.78, 5) is 0. The van der Waals surface area contributed by atoms with Crippen molar-refractivity contribution < 1.29 is 41.2 Å². The van der Waals surface area contributed by atoms with Crippen LogP contribution in [0.3, 0.4) is 0 Å². The van der Waals surface area contributed by atoms with Gasteiger partial charge in [-0.05, 0) is 19.3 Å². The molecule has 108 valence electrons. The summed E-state index contributed by atoms with van der Waals surface area (Å²) < 4.78 is 0. The van der Waals surface area contributed by atoms with E-state index in [1.807, 2.05) is 32.9 Å². The number of aliphatic hydroxyl groups excluding tert-OH is 3. The van der Waals surface area contributed by atoms with Crippen LogP contribution < -0.4 is 0 Å². The third-order valence-corrected chi connectivity index (χ3v) is 1.26. The first-order valence-electron chi connectivity index (χ1n) is 6.29. The normalized spacial score (nSPS) is 9.89. The molecule has 0 atom stereocenters. The van der Waals surface area contributed by atoms with Crippen LogP contribution in [0.15, 0.2) is 18.2 Å². The van der Waals surface area contributed by atoms with Crippen LogP contribution in [0.4, 0.5) is 0 Å². The van der Waals surface area contributed by atoms with E-state index >= 15 is 0 Å². The fraction of sp³-hybridized carbons (Fsp3) is 0.714. The maximum absolute atomic E-state index is 7.88. The first-order chi connectivity index (χ1) is 8.24. The Labute approximate surface area is 131 Å². The zero-order chi connectivity index (χ0) is 13.8. The maximum Gasteiger partial charge on any atom is 0.0428 e. The summed E-state index contributed by atoms with van der Waals surface area (Å²) in [5.74, 6) is 0. The minimum atomic E-state index is 0. The molecular formula is C14H29HfO3-. The molecule has 0 aromatic carbocycles. The second-order valence-corrected chi connectivity index (χ2v) is 3.17. The fourth-order valence-electron chi connectivity index (χ4n) is 0.340. The molecule has 0 spiro atoms. The van der Waals surface area contributed by atoms with Crippen LogP contribution in [0.5, 0.6) is 0 Å². The third-order valence-electron chi connectivity index (χ3n) is 1.26. The quantitative estimate of drug-likeness (QED) is 0.483. The minimum absolute atomic E-state index is 0. The molecule has 0 aliphatic heterocycles. The number of aliphatic hydroxyl groups is 3. The van der Waals surface area contributed by atoms with Gasteiger partial charge in [0.25, 0.3) is 0 Å². The average molecular weight is 424 g/mol. The number of hydrogen-bond acceptors (Lipinski definition) is 3. The van der Waals surface area contributed by atoms with E-state index in [-0.39, 0.29) is 25.8 Å². The Kier molecular flexibility index (Phi) is 53.4. The molecule has 0 bridgehead atoms. The van der Waals surface area contributed by atoms with Crippen LogP contribution in [0.2, 0.25) is 0 Å². The van der Waals surface area contributed by atoms with Crippen LogP contribution in [0.1, 0.15) is 46.5 Å². The molecule has 0 saturated heterocycles. The van der Waals surface area contributed by atoms with Crippen molar-refractivity contribution in [3.63, 3.8) is 0 Å². The molecule has 0 radical (unpaired) electrons. The molecular weight excluding hydrogens is 395 g/mol. The monoisotopic (exact) mass is 425 g/mol. The van der Waals surface area contributed by atoms with E-state index < -0.39 is 0 Å². The van der Waals surface area contributed by atoms with Crippen molar-refractivity contribution in [3.05, 3.63) is 24.3 Å². The molecule has 3 N–H and O–H groups in total. The van der Waals surface area contributed by atoms with Gasteiger partial charge in [-0.3, -0.25) is 6.08 Å². The van der Waals surface area contributed by atoms with Crippen molar-refractivity contribution in [3.8, 4) is 0 Å². The van der Waals surface area contributed by atoms with Crippen molar-refractivity contribution in [1.82, 2.24) is 0 Å². The van der Waals surface area contributed by atoms with E-state index in [2.05, 4.69) is 12.2 Å². The van der Waals surface area contributed by atoms with E-state index in [0.29, 0.717) is 19.8 Å². The topological polar surface area (TPSA) is 60.7 Å². The van der Waals surface area contributed by atoms with Crippen molar-refractivity contribution in [2.75, 3.05) is 19.8 Å². The molecule has 18 heavy (non-hydrogen) atoms. The van der Waals surface area contributed by atoms with Crippen molar-refractivity contribution in [2.45, 2.75) is 46.5 Å². The Morgan fingerprint density at radius 1 is 0.889 bits per heavy atom. The molecule has 0 heterocycles. The smallest absolute Gasteiger partial charge is 0.0428 e. The van der Waals surface area contributed by atoms with Crippen molar-refractivity contribution in [2.24, 2.45) is 0 Å². The second-order valence-electron chi connectivity index (χ2n) is 3.17. The van der Waals surface area contributed by atoms with Gasteiger partial charge < -0.3 is 15.3 Å². The van der Waals surface area contributed by atoms with E-state index in [0.717, 1.165) is 25.7 Å². The third kappa shape index (κ3) is 55.6. The number of rotatable bonds is 3. The first kappa shape index (κ1) is 26.7. The minimum Gasteiger partial charge on any atom is -0.396 e. The van der Waals surface area contributed by atoms with Gasteiger partial charge in [0, 0.05) is 45.7 Å². The van der Waals surface area contributed by atoms with Gasteiger partial charge in [0.1, 0.15) is 0 Å². The van der Waals surface area contributed by atoms with Crippen LogP contribution in [-0.4, -0.2) is 35.1 Å². The summed E-state index contributed by atoms with van der Waals surface area (Å²) in [6.07, 6.45) is 12.6. The molecule has 0 unspecified atom stereocenters. The Bertz CT molecular complexity index is 122. The van der Waals surface area contributed by atoms with Crippen molar-refractivity contribution in [1.29, 1.82) is 0 Å². The summed E-state index contributed by atoms with van der Waals surface area (Å²) in [6, 6.07) is 0. The predicted octanol–water partition coefficient (Wildman–Crippen LogP) is 2.47. The number of allylic oxidation sites excluding steroid dienone is 4. The van der Waals surface area contributed by atoms with Crippen LogP contribution in [-0.2, 0) is 25.8 Å². The van der Waals surface area contributed by atoms with Gasteiger partial charge >= 0.3 is 0 Å². The SMILES string of the molecule is CCCO.CCCO.CCCO.[C-]1=CC=CC1.[Hf]. The van der Waals surface area contributed by atoms with Gasteiger partial charge in [-0.25, -0.2) is 12.2 Å². The molecule has 1 aliphatic rings. The molecule has 0 aromatic rings. The molecule has 0 saturated carbocycles. The van der Waals surface area contributed by atoms with Gasteiger partial charge in [-0.15, -0.1) is 6.42 Å². The van der Waals surface area contributed by atoms with Crippen LogP contribution >= 0.6 is 0 Å². The predicted molar refractivity (Wildman–Crippen MR) is 73.7 cm³/mol. The Balaban J connectivity index is -0.0000000719. The zero-order valence-corrected chi connectivity index (χ0v) is 15.6. The first-order valence-corrected chi connectivity index (χ1v) is 6.29. The van der Waals surface area contributed by atoms with Gasteiger partial charge in [0.05, 0.1) is 0 Å². The van der Waals surface area contributed by atoms with E-state index in [4.69, 9.17) is 15.3 Å². The van der Waals surface area contributed by atoms with Gasteiger partial charge in [-0.2, -0.15) is 6.08 Å². The van der Waals surface area contributed by atoms with Crippen LogP contribution in [0, 0.1) is 6.08 Å². The summed E-state index contributed by atoms with van der Waals surface area (Å²) in [6.45, 7) is 6.75. The van der Waals surface area contributed by atoms with Gasteiger partial charge in [0.2, 0.25) is 0 Å². The molecule has 0 aromatic heterocycles. The van der Waals surface area contributed by atoms with Crippen molar-refractivity contribution >= 4 is 0 Å². The van der Waals surface area contributed by atoms with Crippen LogP contribution in [0.25, 0.3) is 0 Å². The largest absolute Gasteiger partial charge is 0.396 e. The van der Waals surface area contributed by atoms with E-state index in [1.54, 1.807) is 0 Å². The molecule has 1 aliphatic carbocycles. The molecule has 1 rings (SSSR count). The summed E-state index contributed by atoms with van der Waals surface area (Å²) >= 11 is 0. The maximum atomic E-state index is 7.88. The fourth-order valence-corrected chi connectivity index (χ4v) is 0.340. The molecule has 3 nitrogen and oxygen atoms in total. The molecule has 0 amide bonds. The second kappa shape index (κ2) is 36.0. The molecule has 4 heteroatoms. The summed E-state index contributed by atoms with van der Waals surface area (Å²) in [7, 11) is 0. The molecule has 0 fully saturated rings. The zero-order valence-electron chi connectivity index (χ0n) is 12.0. The average Bonchev–Trinajstić information content (AvgIpc) is 2.98.